The molecule has 6 nitrogen and oxygen atoms in total. The minimum atomic E-state index is -0.252. The first-order chi connectivity index (χ1) is 15.4. The number of hydrogen-bond donors (Lipinski definition) is 2. The van der Waals surface area contributed by atoms with E-state index in [1.807, 2.05) is 42.8 Å². The summed E-state index contributed by atoms with van der Waals surface area (Å²) in [5.41, 5.74) is 4.90. The predicted molar refractivity (Wildman–Crippen MR) is 127 cm³/mol. The average Bonchev–Trinajstić information content (AvgIpc) is 3.54. The Bertz CT molecular complexity index is 1180. The van der Waals surface area contributed by atoms with Gasteiger partial charge in [0.15, 0.2) is 0 Å². The van der Waals surface area contributed by atoms with Crippen LogP contribution in [0.2, 0.25) is 5.02 Å². The number of nitrogens with one attached hydrogen (secondary N) is 2. The second kappa shape index (κ2) is 9.40. The van der Waals surface area contributed by atoms with E-state index in [0.29, 0.717) is 28.9 Å². The molecule has 0 saturated heterocycles. The topological polar surface area (TPSA) is 76.0 Å². The molecule has 0 radical (unpaired) electrons. The van der Waals surface area contributed by atoms with E-state index in [0.717, 1.165) is 35.4 Å². The van der Waals surface area contributed by atoms with Gasteiger partial charge in [-0.05, 0) is 68.7 Å². The lowest BCUT2D eigenvalue weighted by molar-refractivity contribution is -0.111. The molecule has 0 bridgehead atoms. The Labute approximate surface area is 192 Å². The molecule has 1 heterocycles. The highest BCUT2D eigenvalue weighted by molar-refractivity contribution is 6.31. The van der Waals surface area contributed by atoms with Crippen molar-refractivity contribution >= 4 is 35.2 Å². The Hall–Kier alpha value is -3.38. The van der Waals surface area contributed by atoms with Crippen LogP contribution in [0.5, 0.6) is 0 Å². The number of aromatic nitrogens is 2. The lowest BCUT2D eigenvalue weighted by atomic mass is 10.1. The van der Waals surface area contributed by atoms with E-state index in [4.69, 9.17) is 11.6 Å². The number of halogens is 1. The zero-order valence-corrected chi connectivity index (χ0v) is 18.8. The molecule has 164 valence electrons. The van der Waals surface area contributed by atoms with Gasteiger partial charge in [0.05, 0.1) is 12.2 Å². The quantitative estimate of drug-likeness (QED) is 0.512. The second-order valence-electron chi connectivity index (χ2n) is 7.98. The third-order valence-electron chi connectivity index (χ3n) is 5.44. The molecule has 32 heavy (non-hydrogen) atoms. The molecule has 0 unspecified atom stereocenters. The Morgan fingerprint density at radius 2 is 1.84 bits per heavy atom. The number of nitrogens with zero attached hydrogens (tertiary/aromatic N) is 2. The first-order valence-electron chi connectivity index (χ1n) is 10.6. The fourth-order valence-corrected chi connectivity index (χ4v) is 3.63. The fourth-order valence-electron chi connectivity index (χ4n) is 3.44. The first kappa shape index (κ1) is 21.8. The minimum Gasteiger partial charge on any atom is -0.349 e. The number of rotatable bonds is 7. The average molecular weight is 449 g/mol. The highest BCUT2D eigenvalue weighted by Crippen LogP contribution is 2.21. The van der Waals surface area contributed by atoms with Crippen LogP contribution in [0.1, 0.15) is 45.7 Å². The van der Waals surface area contributed by atoms with Gasteiger partial charge in [-0.15, -0.1) is 0 Å². The van der Waals surface area contributed by atoms with Crippen LogP contribution in [0.25, 0.3) is 6.08 Å². The summed E-state index contributed by atoms with van der Waals surface area (Å²) in [6, 6.07) is 14.9. The summed E-state index contributed by atoms with van der Waals surface area (Å²) in [5.74, 6) is -0.331. The van der Waals surface area contributed by atoms with E-state index in [1.165, 1.54) is 6.08 Å². The number of carbonyl (C=O) groups excluding carboxylic acids is 2. The van der Waals surface area contributed by atoms with Gasteiger partial charge in [-0.3, -0.25) is 14.3 Å². The molecule has 2 aromatic carbocycles. The molecular formula is C25H25ClN4O2. The van der Waals surface area contributed by atoms with Crippen molar-refractivity contribution < 1.29 is 9.59 Å². The molecule has 7 heteroatoms. The molecule has 1 fully saturated rings. The van der Waals surface area contributed by atoms with Gasteiger partial charge in [0.1, 0.15) is 0 Å². The summed E-state index contributed by atoms with van der Waals surface area (Å²) < 4.78 is 1.89. The highest BCUT2D eigenvalue weighted by Gasteiger charge is 2.23. The Morgan fingerprint density at radius 3 is 2.53 bits per heavy atom. The van der Waals surface area contributed by atoms with Crippen LogP contribution in [0.15, 0.2) is 54.6 Å². The number of carbonyl (C=O) groups is 2. The summed E-state index contributed by atoms with van der Waals surface area (Å²) in [6.45, 7) is 4.45. The fraction of sp³-hybridized carbons (Fsp3) is 0.240. The molecule has 1 saturated carbocycles. The lowest BCUT2D eigenvalue weighted by Gasteiger charge is -2.07. The monoisotopic (exact) mass is 448 g/mol. The van der Waals surface area contributed by atoms with Crippen LogP contribution < -0.4 is 10.6 Å². The third kappa shape index (κ3) is 5.26. The summed E-state index contributed by atoms with van der Waals surface area (Å²) >= 11 is 6.27. The van der Waals surface area contributed by atoms with Gasteiger partial charge in [-0.1, -0.05) is 29.8 Å². The summed E-state index contributed by atoms with van der Waals surface area (Å²) in [6.07, 6.45) is 5.35. The molecule has 1 aliphatic carbocycles. The highest BCUT2D eigenvalue weighted by atomic mass is 35.5. The Kier molecular flexibility index (Phi) is 6.42. The molecule has 1 aromatic heterocycles. The van der Waals surface area contributed by atoms with Crippen LogP contribution >= 0.6 is 11.6 Å². The predicted octanol–water partition coefficient (Wildman–Crippen LogP) is 4.75. The number of anilines is 1. The normalized spacial score (nSPS) is 13.3. The maximum Gasteiger partial charge on any atom is 0.251 e. The summed E-state index contributed by atoms with van der Waals surface area (Å²) in [7, 11) is 0. The summed E-state index contributed by atoms with van der Waals surface area (Å²) in [5, 5.41) is 11.1. The molecule has 0 atom stereocenters. The largest absolute Gasteiger partial charge is 0.349 e. The van der Waals surface area contributed by atoms with Crippen molar-refractivity contribution in [1.82, 2.24) is 15.1 Å². The third-order valence-corrected chi connectivity index (χ3v) is 5.81. The SMILES string of the molecule is Cc1nn(Cc2ccccc2Cl)c(C)c1/C=C/C(=O)Nc1ccc(C(=O)NC2CC2)cc1. The molecule has 0 aliphatic heterocycles. The van der Waals surface area contributed by atoms with Crippen LogP contribution in [-0.4, -0.2) is 27.6 Å². The van der Waals surface area contributed by atoms with Crippen molar-refractivity contribution in [3.63, 3.8) is 0 Å². The van der Waals surface area contributed by atoms with E-state index in [9.17, 15) is 9.59 Å². The van der Waals surface area contributed by atoms with E-state index < -0.39 is 0 Å². The summed E-state index contributed by atoms with van der Waals surface area (Å²) in [4.78, 5) is 24.5. The maximum atomic E-state index is 12.4. The molecule has 1 aliphatic rings. The van der Waals surface area contributed by atoms with Crippen molar-refractivity contribution in [2.24, 2.45) is 0 Å². The van der Waals surface area contributed by atoms with Gasteiger partial charge >= 0.3 is 0 Å². The van der Waals surface area contributed by atoms with E-state index >= 15 is 0 Å². The van der Waals surface area contributed by atoms with Gasteiger partial charge in [0.25, 0.3) is 5.91 Å². The standard InChI is InChI=1S/C25H25ClN4O2/c1-16-22(17(2)30(29-16)15-19-5-3-4-6-23(19)26)13-14-24(31)27-20-9-7-18(8-10-20)25(32)28-21-11-12-21/h3-10,13-14,21H,11-12,15H2,1-2H3,(H,27,31)(H,28,32)/b14-13+. The van der Waals surface area contributed by atoms with E-state index in [-0.39, 0.29) is 11.8 Å². The number of aryl methyl sites for hydroxylation is 1. The van der Waals surface area contributed by atoms with Crippen LogP contribution in [0, 0.1) is 13.8 Å². The van der Waals surface area contributed by atoms with E-state index in [1.54, 1.807) is 30.3 Å². The van der Waals surface area contributed by atoms with Gasteiger partial charge < -0.3 is 10.6 Å². The first-order valence-corrected chi connectivity index (χ1v) is 11.0. The Morgan fingerprint density at radius 1 is 1.12 bits per heavy atom. The number of amides is 2. The molecular weight excluding hydrogens is 424 g/mol. The van der Waals surface area contributed by atoms with E-state index in [2.05, 4.69) is 15.7 Å². The van der Waals surface area contributed by atoms with Crippen LogP contribution in [0.4, 0.5) is 5.69 Å². The second-order valence-corrected chi connectivity index (χ2v) is 8.39. The van der Waals surface area contributed by atoms with Crippen LogP contribution in [0.3, 0.4) is 0 Å². The van der Waals surface area contributed by atoms with Gasteiger partial charge in [-0.2, -0.15) is 5.10 Å². The van der Waals surface area contributed by atoms with Gasteiger partial charge in [0, 0.05) is 39.6 Å². The lowest BCUT2D eigenvalue weighted by Crippen LogP contribution is -2.25. The van der Waals surface area contributed by atoms with Crippen molar-refractivity contribution in [2.45, 2.75) is 39.3 Å². The van der Waals surface area contributed by atoms with Crippen molar-refractivity contribution in [3.8, 4) is 0 Å². The zero-order chi connectivity index (χ0) is 22.7. The van der Waals surface area contributed by atoms with Crippen molar-refractivity contribution in [2.75, 3.05) is 5.32 Å². The molecule has 2 N–H and O–H groups in total. The van der Waals surface area contributed by atoms with Crippen molar-refractivity contribution in [1.29, 1.82) is 0 Å². The number of benzene rings is 2. The Balaban J connectivity index is 1.39. The smallest absolute Gasteiger partial charge is 0.251 e. The molecule has 3 aromatic rings. The number of hydrogen-bond acceptors (Lipinski definition) is 3. The molecule has 2 amide bonds. The van der Waals surface area contributed by atoms with Crippen molar-refractivity contribution in [3.05, 3.63) is 87.7 Å². The minimum absolute atomic E-state index is 0.0787. The van der Waals surface area contributed by atoms with Gasteiger partial charge in [0.2, 0.25) is 5.91 Å². The van der Waals surface area contributed by atoms with Gasteiger partial charge in [-0.25, -0.2) is 0 Å². The maximum absolute atomic E-state index is 12.4. The zero-order valence-electron chi connectivity index (χ0n) is 18.1. The molecule has 0 spiro atoms. The molecule has 4 rings (SSSR count). The van der Waals surface area contributed by atoms with Crippen LogP contribution in [-0.2, 0) is 11.3 Å².